The van der Waals surface area contributed by atoms with Gasteiger partial charge in [-0.1, -0.05) is 23.7 Å². The van der Waals surface area contributed by atoms with Crippen molar-refractivity contribution in [2.24, 2.45) is 0 Å². The van der Waals surface area contributed by atoms with E-state index in [2.05, 4.69) is 14.7 Å². The van der Waals surface area contributed by atoms with Crippen molar-refractivity contribution in [2.75, 3.05) is 4.72 Å². The van der Waals surface area contributed by atoms with Gasteiger partial charge in [0.05, 0.1) is 26.6 Å². The predicted molar refractivity (Wildman–Crippen MR) is 100 cm³/mol. The first-order chi connectivity index (χ1) is 12.1. The molecular weight excluding hydrogens is 358 g/mol. The van der Waals surface area contributed by atoms with E-state index in [1.165, 1.54) is 0 Å². The molecule has 1 unspecified atom stereocenters. The number of aromatic amines is 1. The molecule has 7 heteroatoms. The normalized spacial score (nSPS) is 12.4. The number of rotatable bonds is 4. The van der Waals surface area contributed by atoms with E-state index < -0.39 is 11.0 Å². The fourth-order valence-electron chi connectivity index (χ4n) is 2.49. The van der Waals surface area contributed by atoms with Gasteiger partial charge in [0.1, 0.15) is 16.7 Å². The molecule has 1 atom stereocenters. The molecule has 0 spiro atoms. The van der Waals surface area contributed by atoms with Crippen molar-refractivity contribution in [1.82, 2.24) is 9.97 Å². The summed E-state index contributed by atoms with van der Waals surface area (Å²) in [6.45, 7) is 1.88. The average molecular weight is 372 g/mol. The number of fused-ring (bicyclic) bond motifs is 1. The molecule has 0 aliphatic carbocycles. The van der Waals surface area contributed by atoms with Crippen LogP contribution < -0.4 is 4.72 Å². The van der Waals surface area contributed by atoms with Crippen molar-refractivity contribution in [3.8, 4) is 11.6 Å². The van der Waals surface area contributed by atoms with Gasteiger partial charge >= 0.3 is 0 Å². The fourth-order valence-corrected chi connectivity index (χ4v) is 3.64. The van der Waals surface area contributed by atoms with Crippen molar-refractivity contribution < 1.29 is 8.63 Å². The summed E-state index contributed by atoms with van der Waals surface area (Å²) < 4.78 is 21.1. The second kappa shape index (κ2) is 6.38. The highest BCUT2D eigenvalue weighted by atomic mass is 35.5. The van der Waals surface area contributed by atoms with Gasteiger partial charge in [0, 0.05) is 0 Å². The van der Waals surface area contributed by atoms with Crippen LogP contribution in [0.3, 0.4) is 0 Å². The third-order valence-electron chi connectivity index (χ3n) is 3.72. The number of aromatic nitrogens is 2. The van der Waals surface area contributed by atoms with Crippen LogP contribution in [0.5, 0.6) is 0 Å². The Hall–Kier alpha value is -2.57. The van der Waals surface area contributed by atoms with Gasteiger partial charge in [0.2, 0.25) is 0 Å². The van der Waals surface area contributed by atoms with Crippen LogP contribution in [0.25, 0.3) is 22.6 Å². The molecule has 4 rings (SSSR count). The van der Waals surface area contributed by atoms with Gasteiger partial charge < -0.3 is 9.40 Å². The smallest absolute Gasteiger partial charge is 0.174 e. The number of halogens is 1. The minimum Gasteiger partial charge on any atom is -0.458 e. The number of nitrogens with zero attached hydrogens (tertiary/aromatic N) is 1. The first-order valence-corrected chi connectivity index (χ1v) is 9.12. The van der Waals surface area contributed by atoms with E-state index in [9.17, 15) is 4.21 Å². The number of aryl methyl sites for hydroxylation is 1. The molecule has 0 amide bonds. The van der Waals surface area contributed by atoms with E-state index in [0.717, 1.165) is 16.8 Å². The zero-order valence-electron chi connectivity index (χ0n) is 13.2. The number of anilines is 1. The SMILES string of the molecule is Cc1ccc(-c2nc3ccc(S(=O)Nc4ccccc4Cl)cc3[nH]2)o1. The van der Waals surface area contributed by atoms with Gasteiger partial charge in [-0.05, 0) is 49.4 Å². The molecule has 25 heavy (non-hydrogen) atoms. The van der Waals surface area contributed by atoms with Crippen molar-refractivity contribution in [3.05, 3.63) is 65.4 Å². The molecule has 126 valence electrons. The van der Waals surface area contributed by atoms with Crippen LogP contribution in [0.2, 0.25) is 5.02 Å². The van der Waals surface area contributed by atoms with Gasteiger partial charge in [-0.15, -0.1) is 0 Å². The number of hydrogen-bond acceptors (Lipinski definition) is 3. The van der Waals surface area contributed by atoms with Crippen LogP contribution in [-0.4, -0.2) is 14.2 Å². The lowest BCUT2D eigenvalue weighted by Crippen LogP contribution is -2.04. The van der Waals surface area contributed by atoms with Crippen LogP contribution in [-0.2, 0) is 11.0 Å². The van der Waals surface area contributed by atoms with Gasteiger partial charge in [-0.3, -0.25) is 4.72 Å². The summed E-state index contributed by atoms with van der Waals surface area (Å²) in [6.07, 6.45) is 0. The molecule has 2 aromatic heterocycles. The van der Waals surface area contributed by atoms with E-state index in [-0.39, 0.29) is 0 Å². The topological polar surface area (TPSA) is 70.9 Å². The molecule has 4 aromatic rings. The predicted octanol–water partition coefficient (Wildman–Crippen LogP) is 4.92. The Labute approximate surface area is 151 Å². The van der Waals surface area contributed by atoms with E-state index in [0.29, 0.717) is 27.2 Å². The molecule has 0 saturated heterocycles. The Bertz CT molecular complexity index is 1090. The number of imidazole rings is 1. The number of furan rings is 1. The zero-order chi connectivity index (χ0) is 17.4. The molecule has 0 bridgehead atoms. The van der Waals surface area contributed by atoms with Crippen LogP contribution in [0.1, 0.15) is 5.76 Å². The minimum absolute atomic E-state index is 0.522. The van der Waals surface area contributed by atoms with Gasteiger partial charge in [0.25, 0.3) is 0 Å². The van der Waals surface area contributed by atoms with Crippen molar-refractivity contribution in [2.45, 2.75) is 11.8 Å². The van der Waals surface area contributed by atoms with Crippen molar-refractivity contribution >= 4 is 39.3 Å². The van der Waals surface area contributed by atoms with Crippen molar-refractivity contribution in [1.29, 1.82) is 0 Å². The number of H-pyrrole nitrogens is 1. The summed E-state index contributed by atoms with van der Waals surface area (Å²) in [7, 11) is -1.44. The maximum Gasteiger partial charge on any atom is 0.174 e. The lowest BCUT2D eigenvalue weighted by atomic mass is 10.3. The summed E-state index contributed by atoms with van der Waals surface area (Å²) in [6, 6.07) is 16.4. The standard InChI is InChI=1S/C18H14ClN3O2S/c1-11-6-9-17(24-11)18-20-15-8-7-12(10-16(15)21-18)25(23)22-14-5-3-2-4-13(14)19/h2-10,22H,1H3,(H,20,21). The highest BCUT2D eigenvalue weighted by Crippen LogP contribution is 2.26. The molecule has 0 fully saturated rings. The fraction of sp³-hybridized carbons (Fsp3) is 0.0556. The first-order valence-electron chi connectivity index (χ1n) is 7.60. The van der Waals surface area contributed by atoms with Gasteiger partial charge in [0.15, 0.2) is 11.6 Å². The number of nitrogens with one attached hydrogen (secondary N) is 2. The van der Waals surface area contributed by atoms with Crippen molar-refractivity contribution in [3.63, 3.8) is 0 Å². The summed E-state index contributed by atoms with van der Waals surface area (Å²) in [5.41, 5.74) is 2.19. The van der Waals surface area contributed by atoms with E-state index in [1.54, 1.807) is 18.2 Å². The van der Waals surface area contributed by atoms with Crippen LogP contribution in [0.15, 0.2) is 63.9 Å². The second-order valence-corrected chi connectivity index (χ2v) is 7.15. The first kappa shape index (κ1) is 15.9. The molecule has 0 saturated carbocycles. The third-order valence-corrected chi connectivity index (χ3v) is 5.13. The molecule has 0 aliphatic heterocycles. The monoisotopic (exact) mass is 371 g/mol. The zero-order valence-corrected chi connectivity index (χ0v) is 14.8. The largest absolute Gasteiger partial charge is 0.458 e. The number of para-hydroxylation sites is 1. The quantitative estimate of drug-likeness (QED) is 0.535. The maximum atomic E-state index is 12.6. The lowest BCUT2D eigenvalue weighted by Gasteiger charge is -2.07. The average Bonchev–Trinajstić information content (AvgIpc) is 3.22. The minimum atomic E-state index is -1.44. The second-order valence-electron chi connectivity index (χ2n) is 5.53. The number of benzene rings is 2. The van der Waals surface area contributed by atoms with Crippen LogP contribution in [0.4, 0.5) is 5.69 Å². The Balaban J connectivity index is 1.64. The molecule has 0 radical (unpaired) electrons. The molecule has 0 aliphatic rings. The van der Waals surface area contributed by atoms with Crippen LogP contribution >= 0.6 is 11.6 Å². The highest BCUT2D eigenvalue weighted by Gasteiger charge is 2.12. The molecule has 2 N–H and O–H groups in total. The lowest BCUT2D eigenvalue weighted by molar-refractivity contribution is 0.545. The molecule has 2 heterocycles. The third kappa shape index (κ3) is 3.18. The Morgan fingerprint density at radius 2 is 2.00 bits per heavy atom. The molecule has 2 aromatic carbocycles. The van der Waals surface area contributed by atoms with E-state index >= 15 is 0 Å². The van der Waals surface area contributed by atoms with Crippen LogP contribution in [0, 0.1) is 6.92 Å². The number of hydrogen-bond donors (Lipinski definition) is 2. The van der Waals surface area contributed by atoms with Gasteiger partial charge in [-0.25, -0.2) is 9.19 Å². The maximum absolute atomic E-state index is 12.6. The Kier molecular flexibility index (Phi) is 4.07. The summed E-state index contributed by atoms with van der Waals surface area (Å²) in [5, 5.41) is 0.522. The van der Waals surface area contributed by atoms with Gasteiger partial charge in [-0.2, -0.15) is 0 Å². The molecule has 5 nitrogen and oxygen atoms in total. The summed E-state index contributed by atoms with van der Waals surface area (Å²) in [5.74, 6) is 2.14. The van der Waals surface area contributed by atoms with E-state index in [4.69, 9.17) is 16.0 Å². The Morgan fingerprint density at radius 3 is 2.76 bits per heavy atom. The summed E-state index contributed by atoms with van der Waals surface area (Å²) >= 11 is 6.10. The van der Waals surface area contributed by atoms with E-state index in [1.807, 2.05) is 43.3 Å². The molecular formula is C18H14ClN3O2S. The Morgan fingerprint density at radius 1 is 1.16 bits per heavy atom. The summed E-state index contributed by atoms with van der Waals surface area (Å²) in [4.78, 5) is 8.33. The highest BCUT2D eigenvalue weighted by molar-refractivity contribution is 7.86.